The molecule has 0 heterocycles. The maximum Gasteiger partial charge on any atom is 0.00402 e. The Balaban J connectivity index is 2.99. The van der Waals surface area contributed by atoms with E-state index in [4.69, 9.17) is 0 Å². The molecule has 0 aliphatic heterocycles. The second-order valence-corrected chi connectivity index (χ2v) is 2.47. The Labute approximate surface area is 45.4 Å². The summed E-state index contributed by atoms with van der Waals surface area (Å²) in [5.41, 5.74) is 0. The standard InChI is InChI=1S/C5H11S/c1-4(2)5(3)6/h4-6H,3H2,1-2H3. The molecule has 0 aliphatic rings. The fourth-order valence-corrected chi connectivity index (χ4v) is 0. The van der Waals surface area contributed by atoms with Crippen molar-refractivity contribution < 1.29 is 0 Å². The van der Waals surface area contributed by atoms with Gasteiger partial charge in [-0.3, -0.25) is 0 Å². The summed E-state index contributed by atoms with van der Waals surface area (Å²) in [5.74, 6) is 0.605. The van der Waals surface area contributed by atoms with Gasteiger partial charge in [0.25, 0.3) is 0 Å². The van der Waals surface area contributed by atoms with Gasteiger partial charge in [0, 0.05) is 5.25 Å². The average molecular weight is 103 g/mol. The van der Waals surface area contributed by atoms with Crippen LogP contribution in [0.1, 0.15) is 13.8 Å². The molecule has 1 radical (unpaired) electrons. The van der Waals surface area contributed by atoms with Crippen molar-refractivity contribution in [2.75, 3.05) is 0 Å². The summed E-state index contributed by atoms with van der Waals surface area (Å²) in [6.07, 6.45) is 0. The largest absolute Gasteiger partial charge is 0.176 e. The van der Waals surface area contributed by atoms with Gasteiger partial charge < -0.3 is 0 Å². The van der Waals surface area contributed by atoms with Crippen LogP contribution >= 0.6 is 12.6 Å². The molecule has 0 aromatic rings. The van der Waals surface area contributed by atoms with Crippen LogP contribution in [0.15, 0.2) is 0 Å². The third kappa shape index (κ3) is 2.58. The molecule has 0 spiro atoms. The van der Waals surface area contributed by atoms with Crippen molar-refractivity contribution in [2.45, 2.75) is 19.1 Å². The Kier molecular flexibility index (Phi) is 2.66. The third-order valence-electron chi connectivity index (χ3n) is 0.770. The zero-order chi connectivity index (χ0) is 5.15. The van der Waals surface area contributed by atoms with Crippen molar-refractivity contribution in [3.8, 4) is 0 Å². The summed E-state index contributed by atoms with van der Waals surface area (Å²) < 4.78 is 0. The van der Waals surface area contributed by atoms with Crippen LogP contribution in [-0.4, -0.2) is 5.25 Å². The lowest BCUT2D eigenvalue weighted by Crippen LogP contribution is -2.00. The van der Waals surface area contributed by atoms with Crippen LogP contribution in [-0.2, 0) is 0 Å². The quantitative estimate of drug-likeness (QED) is 0.480. The Morgan fingerprint density at radius 2 is 1.67 bits per heavy atom. The van der Waals surface area contributed by atoms with E-state index in [1.54, 1.807) is 0 Å². The van der Waals surface area contributed by atoms with Crippen molar-refractivity contribution in [3.05, 3.63) is 6.92 Å². The summed E-state index contributed by atoms with van der Waals surface area (Å²) in [4.78, 5) is 0. The highest BCUT2D eigenvalue weighted by atomic mass is 32.1. The molecule has 1 heteroatoms. The lowest BCUT2D eigenvalue weighted by Gasteiger charge is -2.04. The normalized spacial score (nSPS) is 15.5. The van der Waals surface area contributed by atoms with Gasteiger partial charge in [-0.05, 0) is 12.8 Å². The van der Waals surface area contributed by atoms with Gasteiger partial charge in [-0.25, -0.2) is 0 Å². The molecule has 0 nitrogen and oxygen atoms in total. The fraction of sp³-hybridized carbons (Fsp3) is 0.800. The number of thiol groups is 1. The smallest absolute Gasteiger partial charge is 0.00402 e. The van der Waals surface area contributed by atoms with E-state index in [0.29, 0.717) is 11.2 Å². The molecule has 1 unspecified atom stereocenters. The minimum atomic E-state index is 0.296. The first-order chi connectivity index (χ1) is 2.64. The lowest BCUT2D eigenvalue weighted by molar-refractivity contribution is 0.679. The van der Waals surface area contributed by atoms with Gasteiger partial charge in [-0.15, -0.1) is 0 Å². The molecule has 0 aromatic heterocycles. The van der Waals surface area contributed by atoms with Crippen LogP contribution in [0, 0.1) is 12.8 Å². The Morgan fingerprint density at radius 1 is 1.50 bits per heavy atom. The van der Waals surface area contributed by atoms with E-state index in [1.807, 2.05) is 0 Å². The van der Waals surface area contributed by atoms with E-state index < -0.39 is 0 Å². The predicted octanol–water partition coefficient (Wildman–Crippen LogP) is 1.77. The molecular weight excluding hydrogens is 92.1 g/mol. The van der Waals surface area contributed by atoms with Gasteiger partial charge in [-0.1, -0.05) is 13.8 Å². The van der Waals surface area contributed by atoms with Crippen LogP contribution in [0.4, 0.5) is 0 Å². The topological polar surface area (TPSA) is 0 Å². The molecule has 0 saturated heterocycles. The first-order valence-electron chi connectivity index (χ1n) is 2.15. The summed E-state index contributed by atoms with van der Waals surface area (Å²) >= 11 is 4.08. The predicted molar refractivity (Wildman–Crippen MR) is 33.0 cm³/mol. The van der Waals surface area contributed by atoms with E-state index in [0.717, 1.165) is 0 Å². The van der Waals surface area contributed by atoms with E-state index >= 15 is 0 Å². The van der Waals surface area contributed by atoms with Crippen LogP contribution in [0.25, 0.3) is 0 Å². The first-order valence-corrected chi connectivity index (χ1v) is 2.67. The van der Waals surface area contributed by atoms with Crippen molar-refractivity contribution in [3.63, 3.8) is 0 Å². The van der Waals surface area contributed by atoms with Crippen LogP contribution in [0.3, 0.4) is 0 Å². The van der Waals surface area contributed by atoms with Gasteiger partial charge in [0.2, 0.25) is 0 Å². The van der Waals surface area contributed by atoms with Gasteiger partial charge in [-0.2, -0.15) is 12.6 Å². The molecule has 37 valence electrons. The second kappa shape index (κ2) is 2.51. The highest BCUT2D eigenvalue weighted by molar-refractivity contribution is 7.81. The van der Waals surface area contributed by atoms with Crippen molar-refractivity contribution in [1.29, 1.82) is 0 Å². The van der Waals surface area contributed by atoms with Crippen molar-refractivity contribution in [1.82, 2.24) is 0 Å². The zero-order valence-electron chi connectivity index (χ0n) is 4.31. The molecule has 0 aromatic carbocycles. The Bertz CT molecular complexity index is 24.9. The monoisotopic (exact) mass is 103 g/mol. The third-order valence-corrected chi connectivity index (χ3v) is 1.37. The molecule has 0 aliphatic carbocycles. The SMILES string of the molecule is [CH2]C(S)C(C)C. The molecule has 0 amide bonds. The van der Waals surface area contributed by atoms with Gasteiger partial charge in [0.15, 0.2) is 0 Å². The molecule has 0 bridgehead atoms. The lowest BCUT2D eigenvalue weighted by atomic mass is 10.2. The minimum Gasteiger partial charge on any atom is -0.176 e. The summed E-state index contributed by atoms with van der Waals surface area (Å²) in [6.45, 7) is 7.91. The zero-order valence-corrected chi connectivity index (χ0v) is 5.20. The molecule has 0 rings (SSSR count). The molecule has 0 fully saturated rings. The molecular formula is C5H11S. The van der Waals surface area contributed by atoms with Crippen molar-refractivity contribution >= 4 is 12.6 Å². The van der Waals surface area contributed by atoms with Crippen molar-refractivity contribution in [2.24, 2.45) is 5.92 Å². The second-order valence-electron chi connectivity index (χ2n) is 1.81. The van der Waals surface area contributed by atoms with Gasteiger partial charge >= 0.3 is 0 Å². The molecule has 1 atom stereocenters. The summed E-state index contributed by atoms with van der Waals surface area (Å²) in [5, 5.41) is 0.296. The minimum absolute atomic E-state index is 0.296. The number of hydrogen-bond donors (Lipinski definition) is 1. The first kappa shape index (κ1) is 6.35. The van der Waals surface area contributed by atoms with Crippen LogP contribution < -0.4 is 0 Å². The Morgan fingerprint density at radius 3 is 1.67 bits per heavy atom. The molecule has 0 N–H and O–H groups in total. The Hall–Kier alpha value is 0.350. The van der Waals surface area contributed by atoms with E-state index in [2.05, 4.69) is 33.4 Å². The van der Waals surface area contributed by atoms with Crippen LogP contribution in [0.2, 0.25) is 0 Å². The van der Waals surface area contributed by atoms with Gasteiger partial charge in [0.1, 0.15) is 0 Å². The maximum atomic E-state index is 4.08. The average Bonchev–Trinajstić information content (AvgIpc) is 1.36. The van der Waals surface area contributed by atoms with E-state index in [1.165, 1.54) is 0 Å². The number of hydrogen-bond acceptors (Lipinski definition) is 1. The highest BCUT2D eigenvalue weighted by Gasteiger charge is 1.96. The van der Waals surface area contributed by atoms with E-state index in [9.17, 15) is 0 Å². The van der Waals surface area contributed by atoms with Gasteiger partial charge in [0.05, 0.1) is 0 Å². The number of rotatable bonds is 1. The molecule has 0 saturated carbocycles. The van der Waals surface area contributed by atoms with Crippen LogP contribution in [0.5, 0.6) is 0 Å². The maximum absolute atomic E-state index is 4.08. The molecule has 6 heavy (non-hydrogen) atoms. The van der Waals surface area contributed by atoms with E-state index in [-0.39, 0.29) is 0 Å². The summed E-state index contributed by atoms with van der Waals surface area (Å²) in [7, 11) is 0. The fourth-order valence-electron chi connectivity index (χ4n) is 0. The highest BCUT2D eigenvalue weighted by Crippen LogP contribution is 2.04. The summed E-state index contributed by atoms with van der Waals surface area (Å²) in [6, 6.07) is 0.